The van der Waals surface area contributed by atoms with Gasteiger partial charge in [-0.3, -0.25) is 18.7 Å². The summed E-state index contributed by atoms with van der Waals surface area (Å²) in [6.07, 6.45) is -5.13. The lowest BCUT2D eigenvalue weighted by Gasteiger charge is -2.32. The van der Waals surface area contributed by atoms with Gasteiger partial charge in [-0.05, 0) is 50.2 Å². The molecule has 1 saturated heterocycles. The van der Waals surface area contributed by atoms with Crippen LogP contribution < -0.4 is 16.4 Å². The second kappa shape index (κ2) is 11.2. The predicted molar refractivity (Wildman–Crippen MR) is 140 cm³/mol. The number of thiophene rings is 1. The highest BCUT2D eigenvalue weighted by molar-refractivity contribution is 7.20. The molecule has 0 bridgehead atoms. The fourth-order valence-corrected chi connectivity index (χ4v) is 6.38. The number of carboxylic acids is 1. The largest absolute Gasteiger partial charge is 0.550 e. The first kappa shape index (κ1) is 29.5. The summed E-state index contributed by atoms with van der Waals surface area (Å²) in [7, 11) is 0. The summed E-state index contributed by atoms with van der Waals surface area (Å²) in [5, 5.41) is 22.0. The Bertz CT molecular complexity index is 1530. The molecule has 40 heavy (non-hydrogen) atoms. The number of carbonyl (C=O) groups is 2. The van der Waals surface area contributed by atoms with Gasteiger partial charge < -0.3 is 19.9 Å². The second-order valence-electron chi connectivity index (χ2n) is 10.4. The Hall–Kier alpha value is -3.45. The summed E-state index contributed by atoms with van der Waals surface area (Å²) >= 11 is 0.790. The number of aryl methyl sites for hydroxylation is 2. The van der Waals surface area contributed by atoms with Crippen molar-refractivity contribution in [2.24, 2.45) is 5.92 Å². The average Bonchev–Trinajstić information content (AvgIpc) is 3.23. The van der Waals surface area contributed by atoms with Crippen molar-refractivity contribution in [1.29, 1.82) is 0 Å². The number of benzene rings is 1. The van der Waals surface area contributed by atoms with E-state index in [9.17, 15) is 42.6 Å². The van der Waals surface area contributed by atoms with Crippen molar-refractivity contribution in [1.82, 2.24) is 14.0 Å². The zero-order valence-corrected chi connectivity index (χ0v) is 22.8. The molecule has 4 rings (SSSR count). The number of halogens is 3. The van der Waals surface area contributed by atoms with Crippen LogP contribution >= 0.6 is 11.3 Å². The van der Waals surface area contributed by atoms with Crippen molar-refractivity contribution in [2.45, 2.75) is 64.4 Å². The van der Waals surface area contributed by atoms with Crippen LogP contribution in [0.2, 0.25) is 0 Å². The van der Waals surface area contributed by atoms with Crippen LogP contribution in [0.1, 0.15) is 53.4 Å². The number of hydrogen-bond donors (Lipinski definition) is 1. The predicted octanol–water partition coefficient (Wildman–Crippen LogP) is 2.39. The molecule has 1 unspecified atom stereocenters. The minimum Gasteiger partial charge on any atom is -0.550 e. The second-order valence-corrected chi connectivity index (χ2v) is 11.4. The number of aliphatic carboxylic acids is 1. The van der Waals surface area contributed by atoms with Crippen molar-refractivity contribution in [3.8, 4) is 0 Å². The zero-order chi connectivity index (χ0) is 29.4. The van der Waals surface area contributed by atoms with Gasteiger partial charge in [-0.25, -0.2) is 4.79 Å². The van der Waals surface area contributed by atoms with Gasteiger partial charge in [-0.15, -0.1) is 11.3 Å². The van der Waals surface area contributed by atoms with E-state index in [2.05, 4.69) is 0 Å². The molecular weight excluding hydrogens is 551 g/mol. The van der Waals surface area contributed by atoms with Gasteiger partial charge in [0.15, 0.2) is 0 Å². The van der Waals surface area contributed by atoms with E-state index in [0.717, 1.165) is 20.5 Å². The Morgan fingerprint density at radius 1 is 1.10 bits per heavy atom. The summed E-state index contributed by atoms with van der Waals surface area (Å²) in [5.74, 6) is -1.73. The third-order valence-corrected chi connectivity index (χ3v) is 8.63. The lowest BCUT2D eigenvalue weighted by atomic mass is 9.93. The summed E-state index contributed by atoms with van der Waals surface area (Å²) in [4.78, 5) is 53.0. The molecule has 13 heteroatoms. The first-order valence-corrected chi connectivity index (χ1v) is 13.6. The lowest BCUT2D eigenvalue weighted by molar-refractivity contribution is -0.307. The van der Waals surface area contributed by atoms with E-state index in [1.54, 1.807) is 30.3 Å². The fourth-order valence-electron chi connectivity index (χ4n) is 5.09. The fraction of sp³-hybridized carbons (Fsp3) is 0.481. The molecule has 1 aliphatic rings. The molecule has 216 valence electrons. The quantitative estimate of drug-likeness (QED) is 0.436. The van der Waals surface area contributed by atoms with Gasteiger partial charge in [0.05, 0.1) is 23.2 Å². The summed E-state index contributed by atoms with van der Waals surface area (Å²) in [5.41, 5.74) is -2.87. The van der Waals surface area contributed by atoms with Crippen molar-refractivity contribution < 1.29 is 33.0 Å². The van der Waals surface area contributed by atoms with Crippen LogP contribution in [0.15, 0.2) is 39.9 Å². The van der Waals surface area contributed by atoms with Gasteiger partial charge in [-0.2, -0.15) is 13.2 Å². The minimum atomic E-state index is -4.58. The molecule has 0 saturated carbocycles. The number of carbonyl (C=O) groups excluding carboxylic acids is 2. The monoisotopic (exact) mass is 580 g/mol. The lowest BCUT2D eigenvalue weighted by Crippen LogP contribution is -2.45. The van der Waals surface area contributed by atoms with Crippen molar-refractivity contribution in [3.05, 3.63) is 67.2 Å². The topological polar surface area (TPSA) is 125 Å². The normalized spacial score (nSPS) is 16.3. The van der Waals surface area contributed by atoms with Gasteiger partial charge in [0.2, 0.25) is 0 Å². The van der Waals surface area contributed by atoms with Crippen molar-refractivity contribution in [3.63, 3.8) is 0 Å². The van der Waals surface area contributed by atoms with Gasteiger partial charge >= 0.3 is 11.9 Å². The van der Waals surface area contributed by atoms with E-state index in [0.29, 0.717) is 18.4 Å². The summed E-state index contributed by atoms with van der Waals surface area (Å²) < 4.78 is 41.1. The molecular formula is C27H29F3N3O6S-. The molecule has 1 N–H and O–H groups in total. The van der Waals surface area contributed by atoms with E-state index >= 15 is 0 Å². The number of fused-ring (bicyclic) bond motifs is 1. The van der Waals surface area contributed by atoms with Crippen LogP contribution in [-0.2, 0) is 23.5 Å². The molecule has 0 spiro atoms. The standard InChI is InChI=1S/C27H30F3N3O6S/c1-16-20-22(36)33(15-26(2,39)18-6-4-3-5-7-18)25(38)32(13-10-27(28,29)30)24(20)40-21(16)23(37)31-11-8-17(9-12-31)14-19(34)35/h3-7,17,39H,8-15H2,1-2H3,(H,34,35)/p-1. The Morgan fingerprint density at radius 3 is 2.30 bits per heavy atom. The first-order chi connectivity index (χ1) is 18.7. The average molecular weight is 581 g/mol. The third-order valence-electron chi connectivity index (χ3n) is 7.33. The maximum Gasteiger partial charge on any atom is 0.390 e. The maximum absolute atomic E-state index is 13.6. The number of likely N-dealkylation sites (tertiary alicyclic amines) is 1. The summed E-state index contributed by atoms with van der Waals surface area (Å²) in [6, 6.07) is 8.27. The molecule has 0 aliphatic carbocycles. The molecule has 9 nitrogen and oxygen atoms in total. The number of piperidine rings is 1. The highest BCUT2D eigenvalue weighted by atomic mass is 32.1. The number of amides is 1. The van der Waals surface area contributed by atoms with Crippen molar-refractivity contribution in [2.75, 3.05) is 13.1 Å². The number of hydrogen-bond acceptors (Lipinski definition) is 7. The molecule has 1 aromatic carbocycles. The van der Waals surface area contributed by atoms with E-state index in [4.69, 9.17) is 0 Å². The number of nitrogens with zero attached hydrogens (tertiary/aromatic N) is 3. The van der Waals surface area contributed by atoms with Crippen LogP contribution in [0.5, 0.6) is 0 Å². The van der Waals surface area contributed by atoms with Gasteiger partial charge in [0.25, 0.3) is 11.5 Å². The van der Waals surface area contributed by atoms with E-state index in [1.165, 1.54) is 18.7 Å². The SMILES string of the molecule is Cc1c(C(=O)N2CCC(CC(=O)[O-])CC2)sc2c1c(=O)n(CC(C)(O)c1ccccc1)c(=O)n2CCC(F)(F)F. The van der Waals surface area contributed by atoms with Gasteiger partial charge in [0, 0.05) is 25.6 Å². The van der Waals surface area contributed by atoms with E-state index < -0.39 is 54.4 Å². The number of aliphatic hydroxyl groups is 1. The summed E-state index contributed by atoms with van der Waals surface area (Å²) in [6.45, 7) is 2.17. The molecule has 3 heterocycles. The molecule has 2 aromatic heterocycles. The number of carboxylic acid groups (broad SMARTS) is 1. The molecule has 1 amide bonds. The van der Waals surface area contributed by atoms with Crippen LogP contribution in [0.4, 0.5) is 13.2 Å². The highest BCUT2D eigenvalue weighted by Gasteiger charge is 2.33. The number of rotatable bonds is 8. The molecule has 1 aliphatic heterocycles. The first-order valence-electron chi connectivity index (χ1n) is 12.8. The Morgan fingerprint density at radius 2 is 1.73 bits per heavy atom. The van der Waals surface area contributed by atoms with Gasteiger partial charge in [0.1, 0.15) is 10.4 Å². The van der Waals surface area contributed by atoms with Crippen molar-refractivity contribution >= 4 is 33.4 Å². The smallest absolute Gasteiger partial charge is 0.390 e. The van der Waals surface area contributed by atoms with Crippen LogP contribution in [0.25, 0.3) is 10.2 Å². The molecule has 1 atom stereocenters. The molecule has 3 aromatic rings. The van der Waals surface area contributed by atoms with Crippen LogP contribution in [-0.4, -0.2) is 50.3 Å². The van der Waals surface area contributed by atoms with E-state index in [1.807, 2.05) is 0 Å². The van der Waals surface area contributed by atoms with E-state index in [-0.39, 0.29) is 46.1 Å². The maximum atomic E-state index is 13.6. The number of aromatic nitrogens is 2. The Kier molecular flexibility index (Phi) is 8.27. The zero-order valence-electron chi connectivity index (χ0n) is 22.0. The van der Waals surface area contributed by atoms with Gasteiger partial charge in [-0.1, -0.05) is 30.3 Å². The van der Waals surface area contributed by atoms with Crippen LogP contribution in [0, 0.1) is 12.8 Å². The molecule has 1 fully saturated rings. The van der Waals surface area contributed by atoms with Crippen LogP contribution in [0.3, 0.4) is 0 Å². The Labute approximate surface area is 231 Å². The molecule has 0 radical (unpaired) electrons. The number of alkyl halides is 3. The third kappa shape index (κ3) is 6.15. The Balaban J connectivity index is 1.78. The highest BCUT2D eigenvalue weighted by Crippen LogP contribution is 2.32. The minimum absolute atomic E-state index is 0.0393.